The van der Waals surface area contributed by atoms with Crippen LogP contribution in [0.15, 0.2) is 30.7 Å². The maximum absolute atomic E-state index is 4.55. The largest absolute Gasteiger partial charge is 0.379 e. The zero-order chi connectivity index (χ0) is 14.8. The Morgan fingerprint density at radius 3 is 2.52 bits per heavy atom. The van der Waals surface area contributed by atoms with Gasteiger partial charge in [-0.2, -0.15) is 0 Å². The molecule has 4 heteroatoms. The lowest BCUT2D eigenvalue weighted by atomic mass is 9.80. The van der Waals surface area contributed by atoms with Crippen molar-refractivity contribution in [3.63, 3.8) is 0 Å². The summed E-state index contributed by atoms with van der Waals surface area (Å²) in [6.07, 6.45) is 9.45. The van der Waals surface area contributed by atoms with Crippen molar-refractivity contribution in [2.75, 3.05) is 5.32 Å². The summed E-state index contributed by atoms with van der Waals surface area (Å²) in [6, 6.07) is 4.65. The van der Waals surface area contributed by atoms with Gasteiger partial charge in [0.2, 0.25) is 0 Å². The van der Waals surface area contributed by atoms with Crippen molar-refractivity contribution in [1.82, 2.24) is 14.5 Å². The van der Waals surface area contributed by atoms with Crippen LogP contribution in [0.2, 0.25) is 0 Å². The van der Waals surface area contributed by atoms with Gasteiger partial charge in [0.1, 0.15) is 5.82 Å². The highest BCUT2D eigenvalue weighted by atomic mass is 15.1. The van der Waals surface area contributed by atoms with Gasteiger partial charge < -0.3 is 5.32 Å². The topological polar surface area (TPSA) is 42.7 Å². The fraction of sp³-hybridized carbons (Fsp3) is 0.529. The van der Waals surface area contributed by atoms with Gasteiger partial charge in [-0.25, -0.2) is 9.97 Å². The van der Waals surface area contributed by atoms with Crippen LogP contribution in [0.5, 0.6) is 0 Å². The zero-order valence-electron chi connectivity index (χ0n) is 13.1. The molecule has 2 aromatic heterocycles. The summed E-state index contributed by atoms with van der Waals surface area (Å²) < 4.78 is 2.04. The second kappa shape index (κ2) is 5.88. The van der Waals surface area contributed by atoms with Crippen LogP contribution < -0.4 is 5.32 Å². The number of pyridine rings is 1. The van der Waals surface area contributed by atoms with E-state index in [0.717, 1.165) is 29.2 Å². The number of nitrogens with one attached hydrogen (secondary N) is 1. The van der Waals surface area contributed by atoms with Crippen molar-refractivity contribution in [1.29, 1.82) is 0 Å². The molecule has 1 saturated carbocycles. The van der Waals surface area contributed by atoms with Gasteiger partial charge in [0, 0.05) is 24.6 Å². The summed E-state index contributed by atoms with van der Waals surface area (Å²) in [4.78, 5) is 8.85. The molecule has 2 unspecified atom stereocenters. The minimum absolute atomic E-state index is 0.538. The first-order chi connectivity index (χ1) is 10.1. The number of anilines is 1. The molecule has 0 spiro atoms. The molecule has 2 aromatic rings. The van der Waals surface area contributed by atoms with Gasteiger partial charge in [0.05, 0.1) is 5.69 Å². The van der Waals surface area contributed by atoms with Gasteiger partial charge in [-0.05, 0) is 50.2 Å². The Labute approximate surface area is 126 Å². The fourth-order valence-electron chi connectivity index (χ4n) is 3.59. The van der Waals surface area contributed by atoms with Crippen LogP contribution in [0, 0.1) is 18.8 Å². The molecule has 2 atom stereocenters. The summed E-state index contributed by atoms with van der Waals surface area (Å²) in [5, 5.41) is 3.71. The van der Waals surface area contributed by atoms with Crippen LogP contribution in [-0.2, 0) is 0 Å². The standard InChI is InChI=1S/C17H24N4/c1-12-9-13(2)11-15(10-12)20-16-5-4-6-19-17(16)21-8-7-18-14(21)3/h4-8,12-13,15,20H,9-11H2,1-3H3. The van der Waals surface area contributed by atoms with Crippen molar-refractivity contribution in [3.05, 3.63) is 36.5 Å². The number of nitrogens with zero attached hydrogens (tertiary/aromatic N) is 3. The third-order valence-electron chi connectivity index (χ3n) is 4.38. The third-order valence-corrected chi connectivity index (χ3v) is 4.38. The van der Waals surface area contributed by atoms with E-state index in [1.165, 1.54) is 19.3 Å². The first-order valence-corrected chi connectivity index (χ1v) is 7.85. The van der Waals surface area contributed by atoms with E-state index >= 15 is 0 Å². The van der Waals surface area contributed by atoms with E-state index in [9.17, 15) is 0 Å². The number of imidazole rings is 1. The van der Waals surface area contributed by atoms with Crippen molar-refractivity contribution in [2.45, 2.75) is 46.1 Å². The van der Waals surface area contributed by atoms with E-state index < -0.39 is 0 Å². The maximum atomic E-state index is 4.55. The van der Waals surface area contributed by atoms with Crippen LogP contribution in [0.1, 0.15) is 38.9 Å². The molecular formula is C17H24N4. The number of rotatable bonds is 3. The Morgan fingerprint density at radius 1 is 1.10 bits per heavy atom. The highest BCUT2D eigenvalue weighted by molar-refractivity contribution is 5.57. The molecule has 0 amide bonds. The average molecular weight is 284 g/mol. The Balaban J connectivity index is 1.85. The molecule has 1 fully saturated rings. The predicted molar refractivity (Wildman–Crippen MR) is 85.7 cm³/mol. The summed E-state index contributed by atoms with van der Waals surface area (Å²) >= 11 is 0. The Kier molecular flexibility index (Phi) is 3.95. The Bertz CT molecular complexity index is 594. The number of hydrogen-bond donors (Lipinski definition) is 1. The first kappa shape index (κ1) is 14.1. The first-order valence-electron chi connectivity index (χ1n) is 7.85. The molecule has 21 heavy (non-hydrogen) atoms. The van der Waals surface area contributed by atoms with E-state index in [1.807, 2.05) is 36.1 Å². The molecular weight excluding hydrogens is 260 g/mol. The Morgan fingerprint density at radius 2 is 1.86 bits per heavy atom. The molecule has 0 bridgehead atoms. The van der Waals surface area contributed by atoms with E-state index in [4.69, 9.17) is 0 Å². The van der Waals surface area contributed by atoms with Gasteiger partial charge in [-0.15, -0.1) is 0 Å². The van der Waals surface area contributed by atoms with E-state index in [2.05, 4.69) is 35.2 Å². The molecule has 1 N–H and O–H groups in total. The lowest BCUT2D eigenvalue weighted by Gasteiger charge is -2.33. The maximum Gasteiger partial charge on any atom is 0.161 e. The van der Waals surface area contributed by atoms with Crippen LogP contribution >= 0.6 is 0 Å². The summed E-state index contributed by atoms with van der Waals surface area (Å²) in [5.74, 6) is 3.49. The summed E-state index contributed by atoms with van der Waals surface area (Å²) in [6.45, 7) is 6.71. The number of hydrogen-bond acceptors (Lipinski definition) is 3. The second-order valence-corrected chi connectivity index (χ2v) is 6.48. The molecule has 0 aliphatic heterocycles. The number of aromatic nitrogens is 3. The molecule has 3 rings (SSSR count). The smallest absolute Gasteiger partial charge is 0.161 e. The van der Waals surface area contributed by atoms with E-state index in [-0.39, 0.29) is 0 Å². The lowest BCUT2D eigenvalue weighted by molar-refractivity contribution is 0.281. The molecule has 4 nitrogen and oxygen atoms in total. The highest BCUT2D eigenvalue weighted by Crippen LogP contribution is 2.31. The fourth-order valence-corrected chi connectivity index (χ4v) is 3.59. The van der Waals surface area contributed by atoms with Crippen molar-refractivity contribution in [2.24, 2.45) is 11.8 Å². The monoisotopic (exact) mass is 284 g/mol. The van der Waals surface area contributed by atoms with Crippen molar-refractivity contribution >= 4 is 5.69 Å². The van der Waals surface area contributed by atoms with Crippen molar-refractivity contribution < 1.29 is 0 Å². The quantitative estimate of drug-likeness (QED) is 0.932. The van der Waals surface area contributed by atoms with Gasteiger partial charge in [-0.3, -0.25) is 4.57 Å². The minimum Gasteiger partial charge on any atom is -0.379 e. The SMILES string of the molecule is Cc1nccn1-c1ncccc1NC1CC(C)CC(C)C1. The van der Waals surface area contributed by atoms with Crippen LogP contribution in [-0.4, -0.2) is 20.6 Å². The zero-order valence-corrected chi connectivity index (χ0v) is 13.1. The predicted octanol–water partition coefficient (Wildman–Crippen LogP) is 3.81. The number of aryl methyl sites for hydroxylation is 1. The third kappa shape index (κ3) is 3.09. The van der Waals surface area contributed by atoms with Gasteiger partial charge in [-0.1, -0.05) is 13.8 Å². The molecule has 0 saturated heterocycles. The van der Waals surface area contributed by atoms with E-state index in [0.29, 0.717) is 6.04 Å². The van der Waals surface area contributed by atoms with Crippen molar-refractivity contribution in [3.8, 4) is 5.82 Å². The van der Waals surface area contributed by atoms with Crippen LogP contribution in [0.4, 0.5) is 5.69 Å². The summed E-state index contributed by atoms with van der Waals surface area (Å²) in [5.41, 5.74) is 1.10. The molecule has 1 aliphatic carbocycles. The van der Waals surface area contributed by atoms with Crippen LogP contribution in [0.25, 0.3) is 5.82 Å². The van der Waals surface area contributed by atoms with Gasteiger partial charge in [0.25, 0.3) is 0 Å². The molecule has 0 radical (unpaired) electrons. The minimum atomic E-state index is 0.538. The molecule has 112 valence electrons. The molecule has 0 aromatic carbocycles. The van der Waals surface area contributed by atoms with Gasteiger partial charge in [0.15, 0.2) is 5.82 Å². The molecule has 1 aliphatic rings. The highest BCUT2D eigenvalue weighted by Gasteiger charge is 2.24. The van der Waals surface area contributed by atoms with Crippen LogP contribution in [0.3, 0.4) is 0 Å². The lowest BCUT2D eigenvalue weighted by Crippen LogP contribution is -2.30. The average Bonchev–Trinajstić information content (AvgIpc) is 2.84. The normalized spacial score (nSPS) is 25.8. The second-order valence-electron chi connectivity index (χ2n) is 6.48. The van der Waals surface area contributed by atoms with Gasteiger partial charge >= 0.3 is 0 Å². The summed E-state index contributed by atoms with van der Waals surface area (Å²) in [7, 11) is 0. The molecule has 2 heterocycles. The van der Waals surface area contributed by atoms with E-state index in [1.54, 1.807) is 0 Å². The Hall–Kier alpha value is -1.84.